The fraction of sp³-hybridized carbons (Fsp3) is 0.273. The van der Waals surface area contributed by atoms with Crippen LogP contribution in [0, 0.1) is 6.92 Å². The van der Waals surface area contributed by atoms with E-state index in [9.17, 15) is 9.59 Å². The number of benzene rings is 2. The van der Waals surface area contributed by atoms with Gasteiger partial charge in [-0.05, 0) is 43.5 Å². The number of anilines is 1. The van der Waals surface area contributed by atoms with Crippen LogP contribution in [-0.4, -0.2) is 29.8 Å². The van der Waals surface area contributed by atoms with E-state index in [1.807, 2.05) is 43.3 Å². The van der Waals surface area contributed by atoms with E-state index in [0.717, 1.165) is 29.6 Å². The van der Waals surface area contributed by atoms with Crippen LogP contribution >= 0.6 is 0 Å². The number of amides is 1. The monoisotopic (exact) mass is 361 g/mol. The molecule has 1 fully saturated rings. The molecular formula is C22H23N3O2. The van der Waals surface area contributed by atoms with Crippen LogP contribution in [0.5, 0.6) is 0 Å². The van der Waals surface area contributed by atoms with Crippen LogP contribution in [-0.2, 0) is 11.3 Å². The molecule has 0 bridgehead atoms. The Morgan fingerprint density at radius 2 is 1.74 bits per heavy atom. The van der Waals surface area contributed by atoms with Crippen molar-refractivity contribution in [2.75, 3.05) is 18.0 Å². The van der Waals surface area contributed by atoms with Crippen molar-refractivity contribution < 1.29 is 9.59 Å². The third kappa shape index (κ3) is 3.45. The molecule has 0 saturated carbocycles. The Hall–Kier alpha value is -3.08. The number of hydrogen-bond acceptors (Lipinski definition) is 3. The normalized spacial score (nSPS) is 13.9. The van der Waals surface area contributed by atoms with Crippen molar-refractivity contribution in [3.8, 4) is 0 Å². The molecule has 1 aromatic heterocycles. The summed E-state index contributed by atoms with van der Waals surface area (Å²) < 4.78 is 0. The van der Waals surface area contributed by atoms with E-state index < -0.39 is 11.7 Å². The summed E-state index contributed by atoms with van der Waals surface area (Å²) >= 11 is 0. The van der Waals surface area contributed by atoms with Crippen molar-refractivity contribution in [2.45, 2.75) is 26.3 Å². The van der Waals surface area contributed by atoms with Gasteiger partial charge in [0.25, 0.3) is 11.7 Å². The summed E-state index contributed by atoms with van der Waals surface area (Å²) in [7, 11) is 0. The van der Waals surface area contributed by atoms with E-state index in [1.165, 1.54) is 18.5 Å². The first-order valence-corrected chi connectivity index (χ1v) is 9.37. The second-order valence-corrected chi connectivity index (χ2v) is 7.04. The first-order valence-electron chi connectivity index (χ1n) is 9.37. The number of aromatic amines is 1. The first kappa shape index (κ1) is 17.3. The molecule has 138 valence electrons. The topological polar surface area (TPSA) is 65.2 Å². The number of aryl methyl sites for hydroxylation is 1. The Morgan fingerprint density at radius 3 is 2.48 bits per heavy atom. The van der Waals surface area contributed by atoms with Gasteiger partial charge in [0.05, 0.1) is 5.56 Å². The smallest absolute Gasteiger partial charge is 0.292 e. The lowest BCUT2D eigenvalue weighted by atomic mass is 10.1. The van der Waals surface area contributed by atoms with Crippen molar-refractivity contribution in [1.82, 2.24) is 10.3 Å². The highest BCUT2D eigenvalue weighted by Gasteiger charge is 2.22. The average molecular weight is 361 g/mol. The molecule has 0 aliphatic carbocycles. The number of carbonyl (C=O) groups excluding carboxylic acids is 2. The van der Waals surface area contributed by atoms with Gasteiger partial charge in [-0.25, -0.2) is 0 Å². The highest BCUT2D eigenvalue weighted by molar-refractivity contribution is 6.45. The lowest BCUT2D eigenvalue weighted by Gasteiger charge is -2.17. The molecule has 4 rings (SSSR count). The van der Waals surface area contributed by atoms with Gasteiger partial charge in [-0.15, -0.1) is 0 Å². The summed E-state index contributed by atoms with van der Waals surface area (Å²) in [4.78, 5) is 30.6. The molecule has 3 aromatic rings. The second-order valence-electron chi connectivity index (χ2n) is 7.04. The minimum atomic E-state index is -0.577. The summed E-state index contributed by atoms with van der Waals surface area (Å²) in [5.74, 6) is -1.08. The van der Waals surface area contributed by atoms with Crippen molar-refractivity contribution >= 4 is 28.3 Å². The molecule has 1 aliphatic rings. The number of carbonyl (C=O) groups is 2. The minimum absolute atomic E-state index is 0.340. The molecule has 0 unspecified atom stereocenters. The molecule has 1 amide bonds. The van der Waals surface area contributed by atoms with Crippen LogP contribution in [0.15, 0.2) is 48.5 Å². The van der Waals surface area contributed by atoms with E-state index in [2.05, 4.69) is 27.3 Å². The average Bonchev–Trinajstić information content (AvgIpc) is 3.33. The lowest BCUT2D eigenvalue weighted by molar-refractivity contribution is -0.117. The maximum Gasteiger partial charge on any atom is 0.292 e. The third-order valence-corrected chi connectivity index (χ3v) is 5.19. The molecule has 5 heteroatoms. The van der Waals surface area contributed by atoms with Crippen LogP contribution in [0.3, 0.4) is 0 Å². The van der Waals surface area contributed by atoms with E-state index in [4.69, 9.17) is 0 Å². The highest BCUT2D eigenvalue weighted by atomic mass is 16.2. The Labute approximate surface area is 158 Å². The van der Waals surface area contributed by atoms with Crippen molar-refractivity contribution in [3.05, 3.63) is 65.4 Å². The van der Waals surface area contributed by atoms with E-state index in [0.29, 0.717) is 17.8 Å². The summed E-state index contributed by atoms with van der Waals surface area (Å²) in [6.07, 6.45) is 2.49. The molecular weight excluding hydrogens is 338 g/mol. The molecule has 0 spiro atoms. The molecule has 27 heavy (non-hydrogen) atoms. The van der Waals surface area contributed by atoms with Crippen molar-refractivity contribution in [2.24, 2.45) is 0 Å². The molecule has 1 saturated heterocycles. The molecule has 2 aromatic carbocycles. The predicted octanol–water partition coefficient (Wildman–Crippen LogP) is 3.58. The van der Waals surface area contributed by atoms with Gasteiger partial charge in [0.1, 0.15) is 0 Å². The second kappa shape index (κ2) is 7.27. The third-order valence-electron chi connectivity index (χ3n) is 5.19. The summed E-state index contributed by atoms with van der Waals surface area (Å²) in [6, 6.07) is 15.7. The molecule has 1 aliphatic heterocycles. The van der Waals surface area contributed by atoms with Gasteiger partial charge in [-0.3, -0.25) is 9.59 Å². The standard InChI is InChI=1S/C22H23N3O2/c1-15-20(18-6-2-3-7-19(18)24-15)21(26)22(27)23-14-16-8-10-17(11-9-16)25-12-4-5-13-25/h2-3,6-11,24H,4-5,12-14H2,1H3,(H,23,27). The molecule has 0 radical (unpaired) electrons. The number of rotatable bonds is 5. The zero-order valence-corrected chi connectivity index (χ0v) is 15.4. The number of aromatic nitrogens is 1. The largest absolute Gasteiger partial charge is 0.372 e. The molecule has 0 atom stereocenters. The summed E-state index contributed by atoms with van der Waals surface area (Å²) in [5, 5.41) is 3.53. The van der Waals surface area contributed by atoms with Crippen LogP contribution in [0.2, 0.25) is 0 Å². The van der Waals surface area contributed by atoms with Gasteiger partial charge in [-0.1, -0.05) is 30.3 Å². The number of para-hydroxylation sites is 1. The Balaban J connectivity index is 1.43. The SMILES string of the molecule is Cc1[nH]c2ccccc2c1C(=O)C(=O)NCc1ccc(N2CCCC2)cc1. The number of H-pyrrole nitrogens is 1. The Bertz CT molecular complexity index is 982. The highest BCUT2D eigenvalue weighted by Crippen LogP contribution is 2.23. The number of nitrogens with zero attached hydrogens (tertiary/aromatic N) is 1. The quantitative estimate of drug-likeness (QED) is 0.539. The number of ketones is 1. The van der Waals surface area contributed by atoms with Gasteiger partial charge >= 0.3 is 0 Å². The predicted molar refractivity (Wildman–Crippen MR) is 107 cm³/mol. The van der Waals surface area contributed by atoms with Crippen molar-refractivity contribution in [1.29, 1.82) is 0 Å². The summed E-state index contributed by atoms with van der Waals surface area (Å²) in [5.41, 5.74) is 4.23. The first-order chi connectivity index (χ1) is 13.1. The molecule has 5 nitrogen and oxygen atoms in total. The number of hydrogen-bond donors (Lipinski definition) is 2. The molecule has 2 N–H and O–H groups in total. The lowest BCUT2D eigenvalue weighted by Crippen LogP contribution is -2.30. The van der Waals surface area contributed by atoms with Crippen LogP contribution in [0.4, 0.5) is 5.69 Å². The van der Waals surface area contributed by atoms with Gasteiger partial charge in [0.15, 0.2) is 0 Å². The Morgan fingerprint density at radius 1 is 1.04 bits per heavy atom. The van der Waals surface area contributed by atoms with Crippen LogP contribution in [0.25, 0.3) is 10.9 Å². The van der Waals surface area contributed by atoms with Crippen LogP contribution in [0.1, 0.15) is 34.5 Å². The minimum Gasteiger partial charge on any atom is -0.372 e. The number of nitrogens with one attached hydrogen (secondary N) is 2. The van der Waals surface area contributed by atoms with Gasteiger partial charge in [-0.2, -0.15) is 0 Å². The fourth-order valence-corrected chi connectivity index (χ4v) is 3.75. The Kier molecular flexibility index (Phi) is 4.67. The van der Waals surface area contributed by atoms with Crippen LogP contribution < -0.4 is 10.2 Å². The summed E-state index contributed by atoms with van der Waals surface area (Å²) in [6.45, 7) is 4.37. The number of Topliss-reactive ketones (excluding diaryl/α,β-unsaturated/α-hetero) is 1. The molecule has 2 heterocycles. The van der Waals surface area contributed by atoms with Gasteiger partial charge in [0, 0.05) is 41.9 Å². The van der Waals surface area contributed by atoms with E-state index in [-0.39, 0.29) is 0 Å². The van der Waals surface area contributed by atoms with Gasteiger partial charge < -0.3 is 15.2 Å². The maximum absolute atomic E-state index is 12.7. The maximum atomic E-state index is 12.7. The zero-order chi connectivity index (χ0) is 18.8. The fourth-order valence-electron chi connectivity index (χ4n) is 3.75. The zero-order valence-electron chi connectivity index (χ0n) is 15.4. The van der Waals surface area contributed by atoms with Crippen molar-refractivity contribution in [3.63, 3.8) is 0 Å². The number of fused-ring (bicyclic) bond motifs is 1. The van der Waals surface area contributed by atoms with E-state index in [1.54, 1.807) is 0 Å². The van der Waals surface area contributed by atoms with E-state index >= 15 is 0 Å². The van der Waals surface area contributed by atoms with Gasteiger partial charge in [0.2, 0.25) is 0 Å².